The Morgan fingerprint density at radius 3 is 2.71 bits per heavy atom. The molecule has 0 saturated heterocycles. The van der Waals surface area contributed by atoms with Gasteiger partial charge in [0, 0.05) is 7.11 Å². The summed E-state index contributed by atoms with van der Waals surface area (Å²) in [7, 11) is 1.68. The first kappa shape index (κ1) is 14.1. The zero-order chi connectivity index (χ0) is 12.9. The molecule has 0 aliphatic rings. The van der Waals surface area contributed by atoms with Crippen LogP contribution in [0.25, 0.3) is 0 Å². The van der Waals surface area contributed by atoms with E-state index in [0.29, 0.717) is 18.2 Å². The molecule has 17 heavy (non-hydrogen) atoms. The molecule has 1 atom stereocenters. The molecule has 1 N–H and O–H groups in total. The monoisotopic (exact) mass is 241 g/mol. The van der Waals surface area contributed by atoms with Crippen molar-refractivity contribution in [3.8, 4) is 0 Å². The molecule has 5 heteroatoms. The van der Waals surface area contributed by atoms with Gasteiger partial charge in [0.15, 0.2) is 0 Å². The normalized spacial score (nSPS) is 13.9. The van der Waals surface area contributed by atoms with E-state index in [1.807, 2.05) is 20.8 Å². The van der Waals surface area contributed by atoms with Gasteiger partial charge in [0.25, 0.3) is 0 Å². The summed E-state index contributed by atoms with van der Waals surface area (Å²) >= 11 is 0. The van der Waals surface area contributed by atoms with Crippen molar-refractivity contribution in [2.75, 3.05) is 13.7 Å². The average Bonchev–Trinajstić information content (AvgIpc) is 2.73. The summed E-state index contributed by atoms with van der Waals surface area (Å²) in [6.07, 6.45) is 1.71. The third kappa shape index (κ3) is 4.44. The zero-order valence-electron chi connectivity index (χ0n) is 11.4. The molecule has 0 spiro atoms. The molecule has 1 rings (SSSR count). The fraction of sp³-hybridized carbons (Fsp3) is 0.833. The Hall–Kier alpha value is -0.940. The van der Waals surface area contributed by atoms with Gasteiger partial charge in [-0.05, 0) is 33.7 Å². The molecule has 98 valence electrons. The molecular formula is C12H23N3O2. The van der Waals surface area contributed by atoms with Crippen LogP contribution in [-0.2, 0) is 11.2 Å². The molecule has 1 aromatic heterocycles. The lowest BCUT2D eigenvalue weighted by atomic mass is 10.1. The number of hydrogen-bond acceptors (Lipinski definition) is 5. The standard InChI is InChI=1S/C12H23N3O2/c1-6-7-13-9(2)11-15-14-10(17-11)8-12(3,4)16-5/h9,13H,6-8H2,1-5H3. The van der Waals surface area contributed by atoms with Crippen molar-refractivity contribution in [3.63, 3.8) is 0 Å². The van der Waals surface area contributed by atoms with E-state index in [0.717, 1.165) is 13.0 Å². The average molecular weight is 241 g/mol. The highest BCUT2D eigenvalue weighted by atomic mass is 16.5. The number of aromatic nitrogens is 2. The van der Waals surface area contributed by atoms with Crippen LogP contribution in [-0.4, -0.2) is 29.5 Å². The summed E-state index contributed by atoms with van der Waals surface area (Å²) in [5.74, 6) is 1.26. The molecule has 1 aromatic rings. The number of ether oxygens (including phenoxy) is 1. The predicted octanol–water partition coefficient (Wildman–Crippen LogP) is 2.10. The first-order valence-corrected chi connectivity index (χ1v) is 6.09. The van der Waals surface area contributed by atoms with Crippen LogP contribution in [0.5, 0.6) is 0 Å². The number of rotatable bonds is 7. The van der Waals surface area contributed by atoms with E-state index < -0.39 is 0 Å². The van der Waals surface area contributed by atoms with E-state index in [1.165, 1.54) is 0 Å². The highest BCUT2D eigenvalue weighted by molar-refractivity contribution is 4.91. The quantitative estimate of drug-likeness (QED) is 0.792. The van der Waals surface area contributed by atoms with Crippen LogP contribution in [0.15, 0.2) is 4.42 Å². The summed E-state index contributed by atoms with van der Waals surface area (Å²) in [6.45, 7) is 9.09. The van der Waals surface area contributed by atoms with Gasteiger partial charge in [0.1, 0.15) is 0 Å². The van der Waals surface area contributed by atoms with Crippen molar-refractivity contribution >= 4 is 0 Å². The minimum Gasteiger partial charge on any atom is -0.423 e. The van der Waals surface area contributed by atoms with Crippen LogP contribution in [0.2, 0.25) is 0 Å². The molecule has 0 aromatic carbocycles. The SMILES string of the molecule is CCCNC(C)c1nnc(CC(C)(C)OC)o1. The van der Waals surface area contributed by atoms with Gasteiger partial charge in [-0.2, -0.15) is 0 Å². The van der Waals surface area contributed by atoms with E-state index in [4.69, 9.17) is 9.15 Å². The molecule has 0 radical (unpaired) electrons. The van der Waals surface area contributed by atoms with Gasteiger partial charge in [0.2, 0.25) is 11.8 Å². The number of methoxy groups -OCH3 is 1. The first-order valence-electron chi connectivity index (χ1n) is 6.09. The largest absolute Gasteiger partial charge is 0.423 e. The van der Waals surface area contributed by atoms with Gasteiger partial charge in [0.05, 0.1) is 18.1 Å². The molecule has 1 unspecified atom stereocenters. The van der Waals surface area contributed by atoms with Crippen molar-refractivity contribution in [2.24, 2.45) is 0 Å². The van der Waals surface area contributed by atoms with Gasteiger partial charge in [-0.25, -0.2) is 0 Å². The highest BCUT2D eigenvalue weighted by Crippen LogP contribution is 2.17. The van der Waals surface area contributed by atoms with Gasteiger partial charge >= 0.3 is 0 Å². The topological polar surface area (TPSA) is 60.2 Å². The van der Waals surface area contributed by atoms with Crippen molar-refractivity contribution in [1.82, 2.24) is 15.5 Å². The first-order chi connectivity index (χ1) is 7.98. The predicted molar refractivity (Wildman–Crippen MR) is 65.8 cm³/mol. The minimum atomic E-state index is -0.274. The van der Waals surface area contributed by atoms with Crippen LogP contribution < -0.4 is 5.32 Å². The van der Waals surface area contributed by atoms with E-state index in [9.17, 15) is 0 Å². The number of nitrogens with zero attached hydrogens (tertiary/aromatic N) is 2. The van der Waals surface area contributed by atoms with Gasteiger partial charge in [-0.15, -0.1) is 10.2 Å². The zero-order valence-corrected chi connectivity index (χ0v) is 11.4. The molecule has 0 bridgehead atoms. The summed E-state index contributed by atoms with van der Waals surface area (Å²) in [4.78, 5) is 0. The number of nitrogens with one attached hydrogen (secondary N) is 1. The Morgan fingerprint density at radius 1 is 1.41 bits per heavy atom. The van der Waals surface area contributed by atoms with Crippen molar-refractivity contribution in [1.29, 1.82) is 0 Å². The molecule has 0 aliphatic carbocycles. The Labute approximate surface area is 103 Å². The van der Waals surface area contributed by atoms with Crippen LogP contribution in [0, 0.1) is 0 Å². The molecule has 1 heterocycles. The Kier molecular flexibility index (Phi) is 5.08. The summed E-state index contributed by atoms with van der Waals surface area (Å²) in [5.41, 5.74) is -0.274. The lowest BCUT2D eigenvalue weighted by molar-refractivity contribution is 0.0178. The fourth-order valence-electron chi connectivity index (χ4n) is 1.40. The van der Waals surface area contributed by atoms with E-state index in [1.54, 1.807) is 7.11 Å². The second kappa shape index (κ2) is 6.12. The lowest BCUT2D eigenvalue weighted by Crippen LogP contribution is -2.25. The van der Waals surface area contributed by atoms with E-state index >= 15 is 0 Å². The molecule has 5 nitrogen and oxygen atoms in total. The van der Waals surface area contributed by atoms with Gasteiger partial charge < -0.3 is 14.5 Å². The van der Waals surface area contributed by atoms with E-state index in [2.05, 4.69) is 22.4 Å². The van der Waals surface area contributed by atoms with Crippen LogP contribution >= 0.6 is 0 Å². The summed E-state index contributed by atoms with van der Waals surface area (Å²) in [6, 6.07) is 0.0989. The Balaban J connectivity index is 2.58. The molecular weight excluding hydrogens is 218 g/mol. The minimum absolute atomic E-state index is 0.0989. The molecule has 0 fully saturated rings. The third-order valence-electron chi connectivity index (χ3n) is 2.68. The maximum Gasteiger partial charge on any atom is 0.233 e. The van der Waals surface area contributed by atoms with Crippen LogP contribution in [0.4, 0.5) is 0 Å². The maximum absolute atomic E-state index is 5.62. The summed E-state index contributed by atoms with van der Waals surface area (Å²) in [5, 5.41) is 11.4. The molecule has 0 saturated carbocycles. The highest BCUT2D eigenvalue weighted by Gasteiger charge is 2.22. The summed E-state index contributed by atoms with van der Waals surface area (Å²) < 4.78 is 10.9. The molecule has 0 aliphatic heterocycles. The smallest absolute Gasteiger partial charge is 0.233 e. The maximum atomic E-state index is 5.62. The third-order valence-corrected chi connectivity index (χ3v) is 2.68. The fourth-order valence-corrected chi connectivity index (χ4v) is 1.40. The molecule has 0 amide bonds. The van der Waals surface area contributed by atoms with E-state index in [-0.39, 0.29) is 11.6 Å². The Morgan fingerprint density at radius 2 is 2.12 bits per heavy atom. The van der Waals surface area contributed by atoms with Gasteiger partial charge in [-0.1, -0.05) is 6.92 Å². The second-order valence-electron chi connectivity index (χ2n) is 4.85. The van der Waals surface area contributed by atoms with Crippen molar-refractivity contribution in [2.45, 2.75) is 52.2 Å². The van der Waals surface area contributed by atoms with Gasteiger partial charge in [-0.3, -0.25) is 0 Å². The van der Waals surface area contributed by atoms with Crippen molar-refractivity contribution in [3.05, 3.63) is 11.8 Å². The van der Waals surface area contributed by atoms with Crippen molar-refractivity contribution < 1.29 is 9.15 Å². The van der Waals surface area contributed by atoms with Crippen LogP contribution in [0.3, 0.4) is 0 Å². The number of hydrogen-bond donors (Lipinski definition) is 1. The lowest BCUT2D eigenvalue weighted by Gasteiger charge is -2.20. The second-order valence-corrected chi connectivity index (χ2v) is 4.85. The van der Waals surface area contributed by atoms with Crippen LogP contribution in [0.1, 0.15) is 51.9 Å². The Bertz CT molecular complexity index is 336.